The van der Waals surface area contributed by atoms with Crippen molar-refractivity contribution in [2.75, 3.05) is 70.3 Å². The van der Waals surface area contributed by atoms with E-state index in [0.717, 1.165) is 0 Å². The van der Waals surface area contributed by atoms with Gasteiger partial charge in [0, 0.05) is 31.9 Å². The SMILES string of the molecule is O=C(O)CCN(C(=O)CN1CC[N-]CC[N-]CCN(C(=O)[O-])CC1)c1ccc(C2CCCCC2)cc1.[CH2-]C(=O)O.[CH2-]C(=O)O.[CH2-]C(=O)O.[Gd+2].[Gd+2].[Gd+2]. The molecule has 51 heavy (non-hydrogen) atoms. The molecule has 1 aromatic rings. The van der Waals surface area contributed by atoms with Crippen LogP contribution in [0.15, 0.2) is 24.3 Å². The monoisotopic (exact) mass is 1150 g/mol. The van der Waals surface area contributed by atoms with E-state index in [1.807, 2.05) is 17.0 Å². The molecule has 1 aliphatic carbocycles. The second-order valence-corrected chi connectivity index (χ2v) is 10.7. The molecule has 0 aromatic heterocycles. The van der Waals surface area contributed by atoms with Gasteiger partial charge in [-0.05, 0) is 43.0 Å². The molecule has 19 heteroatoms. The number of hydrogen-bond acceptors (Lipinski definition) is 8. The summed E-state index contributed by atoms with van der Waals surface area (Å²) >= 11 is 0. The van der Waals surface area contributed by atoms with Gasteiger partial charge in [0.05, 0.1) is 13.0 Å². The van der Waals surface area contributed by atoms with Crippen molar-refractivity contribution in [2.45, 2.75) is 44.4 Å². The van der Waals surface area contributed by atoms with Gasteiger partial charge in [0.2, 0.25) is 5.91 Å². The van der Waals surface area contributed by atoms with Crippen LogP contribution in [0, 0.1) is 141 Å². The summed E-state index contributed by atoms with van der Waals surface area (Å²) in [6.45, 7) is 11.1. The molecular weight excluding hydrogens is 1100 g/mol. The molecule has 1 aromatic carbocycles. The van der Waals surface area contributed by atoms with Gasteiger partial charge in [0.25, 0.3) is 0 Å². The van der Waals surface area contributed by atoms with Crippen LogP contribution in [-0.2, 0) is 24.0 Å². The minimum Gasteiger partial charge on any atom is -0.663 e. The summed E-state index contributed by atoms with van der Waals surface area (Å²) < 4.78 is 0. The molecule has 2 amide bonds. The maximum Gasteiger partial charge on any atom is 2.00 e. The van der Waals surface area contributed by atoms with E-state index in [4.69, 9.17) is 29.7 Å². The Morgan fingerprint density at radius 2 is 1.20 bits per heavy atom. The molecule has 16 nitrogen and oxygen atoms in total. The summed E-state index contributed by atoms with van der Waals surface area (Å²) in [5.41, 5.74) is 1.95. The van der Waals surface area contributed by atoms with Crippen LogP contribution >= 0.6 is 0 Å². The zero-order chi connectivity index (χ0) is 36.5. The first kappa shape index (κ1) is 57.0. The molecule has 2 aliphatic rings. The topological polar surface area (TPSA) is 244 Å². The minimum atomic E-state index is -1.25. The normalized spacial score (nSPS) is 14.9. The fourth-order valence-corrected chi connectivity index (χ4v) is 4.84. The average Bonchev–Trinajstić information content (AvgIpc) is 2.98. The Bertz CT molecular complexity index is 1100. The van der Waals surface area contributed by atoms with Crippen LogP contribution in [-0.4, -0.2) is 132 Å². The maximum absolute atomic E-state index is 13.4. The van der Waals surface area contributed by atoms with Gasteiger partial charge in [-0.25, -0.2) is 0 Å². The van der Waals surface area contributed by atoms with E-state index in [0.29, 0.717) is 50.9 Å². The average molecular weight is 1150 g/mol. The first-order valence-electron chi connectivity index (χ1n) is 15.4. The summed E-state index contributed by atoms with van der Waals surface area (Å²) in [7, 11) is 0. The Morgan fingerprint density at radius 3 is 1.65 bits per heavy atom. The van der Waals surface area contributed by atoms with E-state index in [9.17, 15) is 24.6 Å². The molecule has 1 heterocycles. The van der Waals surface area contributed by atoms with Crippen molar-refractivity contribution in [3.05, 3.63) is 61.2 Å². The van der Waals surface area contributed by atoms with Crippen LogP contribution in [0.2, 0.25) is 0 Å². The van der Waals surface area contributed by atoms with E-state index < -0.39 is 30.0 Å². The van der Waals surface area contributed by atoms with Crippen molar-refractivity contribution in [2.24, 2.45) is 0 Å². The number of carbonyl (C=O) groups is 6. The van der Waals surface area contributed by atoms with E-state index in [-0.39, 0.29) is 158 Å². The van der Waals surface area contributed by atoms with Gasteiger partial charge in [-0.15, -0.1) is 13.1 Å². The number of benzene rings is 1. The first-order valence-corrected chi connectivity index (χ1v) is 15.4. The predicted octanol–water partition coefficient (Wildman–Crippen LogP) is 1.97. The smallest absolute Gasteiger partial charge is 0.663 e. The third-order valence-corrected chi connectivity index (χ3v) is 6.95. The zero-order valence-corrected chi connectivity index (χ0v) is 35.1. The second-order valence-electron chi connectivity index (χ2n) is 10.7. The van der Waals surface area contributed by atoms with Gasteiger partial charge in [0.1, 0.15) is 6.09 Å². The van der Waals surface area contributed by atoms with Gasteiger partial charge in [0.15, 0.2) is 17.9 Å². The summed E-state index contributed by atoms with van der Waals surface area (Å²) in [6.07, 6.45) is 4.71. The van der Waals surface area contributed by atoms with Crippen molar-refractivity contribution in [1.82, 2.24) is 9.80 Å². The van der Waals surface area contributed by atoms with Crippen molar-refractivity contribution in [1.29, 1.82) is 0 Å². The van der Waals surface area contributed by atoms with Crippen LogP contribution in [0.3, 0.4) is 0 Å². The molecule has 0 bridgehead atoms. The molecule has 0 radical (unpaired) electrons. The fraction of sp³-hybridized carbons (Fsp3) is 0.531. The van der Waals surface area contributed by atoms with Crippen LogP contribution in [0.1, 0.15) is 50.0 Å². The summed E-state index contributed by atoms with van der Waals surface area (Å²) in [6, 6.07) is 7.95. The largest absolute Gasteiger partial charge is 2.00 e. The third kappa shape index (κ3) is 32.5. The van der Waals surface area contributed by atoms with Crippen LogP contribution in [0.25, 0.3) is 10.6 Å². The fourth-order valence-electron chi connectivity index (χ4n) is 4.84. The van der Waals surface area contributed by atoms with Crippen molar-refractivity contribution in [3.8, 4) is 0 Å². The second kappa shape index (κ2) is 35.0. The Hall–Kier alpha value is -0.696. The molecule has 0 unspecified atom stereocenters. The molecule has 0 atom stereocenters. The number of anilines is 1. The van der Waals surface area contributed by atoms with Gasteiger partial charge in [-0.2, -0.15) is 13.1 Å². The van der Waals surface area contributed by atoms with E-state index in [2.05, 4.69) is 43.5 Å². The van der Waals surface area contributed by atoms with E-state index in [1.165, 1.54) is 47.5 Å². The summed E-state index contributed by atoms with van der Waals surface area (Å²) in [4.78, 5) is 67.5. The predicted molar refractivity (Wildman–Crippen MR) is 175 cm³/mol. The Morgan fingerprint density at radius 1 is 0.725 bits per heavy atom. The van der Waals surface area contributed by atoms with Gasteiger partial charge < -0.3 is 50.8 Å². The van der Waals surface area contributed by atoms with Gasteiger partial charge in [-0.3, -0.25) is 49.6 Å². The summed E-state index contributed by atoms with van der Waals surface area (Å²) in [5.74, 6) is -3.89. The van der Waals surface area contributed by atoms with Crippen LogP contribution in [0.5, 0.6) is 0 Å². The number of rotatable bonds is 7. The number of aliphatic carboxylic acids is 4. The van der Waals surface area contributed by atoms with E-state index in [1.54, 1.807) is 0 Å². The summed E-state index contributed by atoms with van der Waals surface area (Å²) in [5, 5.41) is 51.4. The van der Waals surface area contributed by atoms with Crippen molar-refractivity contribution in [3.63, 3.8) is 0 Å². The number of carboxylic acids is 4. The van der Waals surface area contributed by atoms with Crippen molar-refractivity contribution < 1.29 is 174 Å². The standard InChI is InChI=1S/C26H39N5O5.3C2H3O2.3Gd/c32-24(20-29-16-13-27-11-12-28-14-17-30(19-18-29)26(35)36)31(15-10-25(33)34)23-8-6-22(7-9-23)21-4-2-1-3-5-21;3*1-2(3)4;;;/h6-9,21H,1-5,10-20H2,(H,33,34)(H,35,36);3*1H2,(H,3,4);;;/q-2;3*-1;3*+2/p-1. The molecule has 4 N–H and O–H groups in total. The molecule has 290 valence electrons. The first-order chi connectivity index (χ1) is 22.6. The van der Waals surface area contributed by atoms with Gasteiger partial charge in [-0.1, -0.05) is 31.4 Å². The van der Waals surface area contributed by atoms with Crippen LogP contribution in [0.4, 0.5) is 10.5 Å². The molecule has 1 aliphatic heterocycles. The molecule has 1 saturated carbocycles. The maximum atomic E-state index is 13.4. The third-order valence-electron chi connectivity index (χ3n) is 6.95. The molecular formula is C32H47Gd3N5O11. The van der Waals surface area contributed by atoms with Crippen LogP contribution < -0.4 is 10.0 Å². The minimum absolute atomic E-state index is 0. The molecule has 0 spiro atoms. The zero-order valence-electron chi connectivity index (χ0n) is 28.3. The molecule has 1 saturated heterocycles. The number of hydrogen-bond donors (Lipinski definition) is 4. The van der Waals surface area contributed by atoms with Crippen molar-refractivity contribution >= 4 is 41.6 Å². The Kier molecular flexibility index (Phi) is 39.2. The number of amides is 2. The number of nitrogens with zero attached hydrogens (tertiary/aromatic N) is 5. The Balaban J connectivity index is -0.000000640. The Labute approximate surface area is 396 Å². The quantitative estimate of drug-likeness (QED) is 0.287. The number of carboxylic acid groups (broad SMARTS) is 5. The molecule has 2 fully saturated rings. The molecule has 3 rings (SSSR count). The van der Waals surface area contributed by atoms with Gasteiger partial charge >= 0.3 is 126 Å². The van der Waals surface area contributed by atoms with E-state index >= 15 is 0 Å². The number of carbonyl (C=O) groups excluding carboxylic acids is 2.